The van der Waals surface area contributed by atoms with Gasteiger partial charge in [-0.1, -0.05) is 41.6 Å². The molecule has 0 saturated carbocycles. The number of aryl methyl sites for hydroxylation is 2. The molecule has 25 heavy (non-hydrogen) atoms. The van der Waals surface area contributed by atoms with Crippen molar-refractivity contribution in [2.24, 2.45) is 0 Å². The quantitative estimate of drug-likeness (QED) is 0.567. The predicted octanol–water partition coefficient (Wildman–Crippen LogP) is 4.85. The lowest BCUT2D eigenvalue weighted by molar-refractivity contribution is -0.116. The van der Waals surface area contributed by atoms with Gasteiger partial charge in [-0.15, -0.1) is 22.7 Å². The van der Waals surface area contributed by atoms with Crippen LogP contribution in [0.15, 0.2) is 39.4 Å². The lowest BCUT2D eigenvalue weighted by atomic mass is 10.1. The van der Waals surface area contributed by atoms with Gasteiger partial charge >= 0.3 is 0 Å². The highest BCUT2D eigenvalue weighted by atomic mass is 32.2. The minimum atomic E-state index is -0.789. The van der Waals surface area contributed by atoms with Gasteiger partial charge < -0.3 is 0 Å². The predicted molar refractivity (Wildman–Crippen MR) is 103 cm³/mol. The first kappa shape index (κ1) is 17.8. The van der Waals surface area contributed by atoms with Gasteiger partial charge in [-0.2, -0.15) is 5.26 Å². The molecule has 4 nitrogen and oxygen atoms in total. The fourth-order valence-electron chi connectivity index (χ4n) is 2.17. The molecule has 0 aliphatic heterocycles. The number of carbonyl (C=O) groups is 1. The van der Waals surface area contributed by atoms with Crippen LogP contribution >= 0.6 is 34.4 Å². The average Bonchev–Trinajstić information content (AvgIpc) is 3.24. The zero-order valence-corrected chi connectivity index (χ0v) is 16.2. The Morgan fingerprint density at radius 3 is 2.60 bits per heavy atom. The number of Topliss-reactive ketones (excluding diaryl/α,β-unsaturated/α-hetero) is 1. The molecule has 0 bridgehead atoms. The minimum Gasteiger partial charge on any atom is -0.297 e. The van der Waals surface area contributed by atoms with Crippen LogP contribution in [-0.4, -0.2) is 21.5 Å². The van der Waals surface area contributed by atoms with E-state index < -0.39 is 5.92 Å². The van der Waals surface area contributed by atoms with Gasteiger partial charge in [0.25, 0.3) is 0 Å². The summed E-state index contributed by atoms with van der Waals surface area (Å²) in [5.74, 6) is -0.700. The van der Waals surface area contributed by atoms with E-state index in [9.17, 15) is 10.1 Å². The Bertz CT molecular complexity index is 922. The fraction of sp³-hybridized carbons (Fsp3) is 0.222. The number of rotatable bonds is 6. The summed E-state index contributed by atoms with van der Waals surface area (Å²) in [6, 6.07) is 10.3. The first-order valence-corrected chi connectivity index (χ1v) is 10.3. The van der Waals surface area contributed by atoms with Crippen molar-refractivity contribution in [2.45, 2.75) is 24.1 Å². The number of nitrogens with zero attached hydrogens (tertiary/aromatic N) is 3. The fourth-order valence-corrected chi connectivity index (χ4v) is 4.77. The molecule has 0 spiro atoms. The topological polar surface area (TPSA) is 66.6 Å². The van der Waals surface area contributed by atoms with Crippen LogP contribution in [0, 0.1) is 25.2 Å². The second-order valence-electron chi connectivity index (χ2n) is 5.51. The Morgan fingerprint density at radius 1 is 1.20 bits per heavy atom. The van der Waals surface area contributed by atoms with Gasteiger partial charge in [-0.3, -0.25) is 4.79 Å². The maximum atomic E-state index is 12.4. The smallest absolute Gasteiger partial charge is 0.167 e. The van der Waals surface area contributed by atoms with Crippen LogP contribution < -0.4 is 0 Å². The summed E-state index contributed by atoms with van der Waals surface area (Å²) in [4.78, 5) is 21.2. The van der Waals surface area contributed by atoms with Gasteiger partial charge in [-0.05, 0) is 13.8 Å². The number of carbonyl (C=O) groups excluding carboxylic acids is 1. The normalized spacial score (nSPS) is 11.9. The second kappa shape index (κ2) is 7.91. The number of hydrogen-bond acceptors (Lipinski definition) is 7. The Morgan fingerprint density at radius 2 is 1.96 bits per heavy atom. The first-order valence-electron chi connectivity index (χ1n) is 7.56. The molecule has 0 saturated heterocycles. The van der Waals surface area contributed by atoms with E-state index in [2.05, 4.69) is 28.2 Å². The van der Waals surface area contributed by atoms with Crippen LogP contribution in [0.4, 0.5) is 0 Å². The molecule has 1 aromatic carbocycles. The number of thiazole rings is 2. The van der Waals surface area contributed by atoms with Crippen molar-refractivity contribution in [1.82, 2.24) is 9.97 Å². The van der Waals surface area contributed by atoms with E-state index in [1.54, 1.807) is 0 Å². The van der Waals surface area contributed by atoms with E-state index in [4.69, 9.17) is 0 Å². The van der Waals surface area contributed by atoms with Crippen LogP contribution in [0.1, 0.15) is 22.2 Å². The van der Waals surface area contributed by atoms with Crippen molar-refractivity contribution in [3.05, 3.63) is 51.3 Å². The third-order valence-corrected chi connectivity index (χ3v) is 6.57. The molecule has 0 N–H and O–H groups in total. The molecular formula is C18H15N3OS3. The third-order valence-electron chi connectivity index (χ3n) is 3.50. The molecule has 0 unspecified atom stereocenters. The SMILES string of the molecule is Cc1ccc(-c2csc(SCC(=O)[C@H](C#N)c3nc(C)cs3)n2)cc1. The molecule has 1 atom stereocenters. The van der Waals surface area contributed by atoms with E-state index in [1.165, 1.54) is 40.0 Å². The zero-order valence-electron chi connectivity index (χ0n) is 13.7. The zero-order chi connectivity index (χ0) is 17.8. The van der Waals surface area contributed by atoms with E-state index in [-0.39, 0.29) is 11.5 Å². The van der Waals surface area contributed by atoms with Crippen LogP contribution in [-0.2, 0) is 4.79 Å². The maximum absolute atomic E-state index is 12.4. The Kier molecular flexibility index (Phi) is 5.63. The third kappa shape index (κ3) is 4.34. The average molecular weight is 386 g/mol. The van der Waals surface area contributed by atoms with Gasteiger partial charge in [0.2, 0.25) is 0 Å². The molecule has 0 aliphatic carbocycles. The lowest BCUT2D eigenvalue weighted by Crippen LogP contribution is -2.13. The molecular weight excluding hydrogens is 370 g/mol. The summed E-state index contributed by atoms with van der Waals surface area (Å²) in [7, 11) is 0. The Labute approximate surface area is 158 Å². The Hall–Kier alpha value is -2.01. The molecule has 2 aromatic heterocycles. The van der Waals surface area contributed by atoms with Crippen LogP contribution in [0.5, 0.6) is 0 Å². The van der Waals surface area contributed by atoms with Crippen molar-refractivity contribution in [3.63, 3.8) is 0 Å². The highest BCUT2D eigenvalue weighted by molar-refractivity contribution is 8.01. The standard InChI is InChI=1S/C18H15N3OS3/c1-11-3-5-13(6-4-11)15-9-24-18(21-15)25-10-16(22)14(7-19)17-20-12(2)8-23-17/h3-6,8-9,14H,10H2,1-2H3/t14-/m0/s1. The molecule has 2 heterocycles. The first-order chi connectivity index (χ1) is 12.1. The lowest BCUT2D eigenvalue weighted by Gasteiger charge is -2.03. The minimum absolute atomic E-state index is 0.131. The monoisotopic (exact) mass is 385 g/mol. The van der Waals surface area contributed by atoms with Crippen LogP contribution in [0.2, 0.25) is 0 Å². The van der Waals surface area contributed by atoms with E-state index in [1.807, 2.05) is 36.7 Å². The van der Waals surface area contributed by atoms with Crippen LogP contribution in [0.3, 0.4) is 0 Å². The summed E-state index contributed by atoms with van der Waals surface area (Å²) in [5, 5.41) is 13.7. The number of ketones is 1. The molecule has 0 aliphatic rings. The number of nitriles is 1. The summed E-state index contributed by atoms with van der Waals surface area (Å²) >= 11 is 4.25. The number of benzene rings is 1. The van der Waals surface area contributed by atoms with Crippen molar-refractivity contribution >= 4 is 40.2 Å². The number of aromatic nitrogens is 2. The van der Waals surface area contributed by atoms with Crippen molar-refractivity contribution in [2.75, 3.05) is 5.75 Å². The molecule has 0 radical (unpaired) electrons. The van der Waals surface area contributed by atoms with Crippen molar-refractivity contribution < 1.29 is 4.79 Å². The van der Waals surface area contributed by atoms with Gasteiger partial charge in [0.15, 0.2) is 16.0 Å². The highest BCUT2D eigenvalue weighted by Crippen LogP contribution is 2.30. The summed E-state index contributed by atoms with van der Waals surface area (Å²) in [6.45, 7) is 3.91. The summed E-state index contributed by atoms with van der Waals surface area (Å²) in [5.41, 5.74) is 4.02. The van der Waals surface area contributed by atoms with Gasteiger partial charge in [0.1, 0.15) is 5.01 Å². The van der Waals surface area contributed by atoms with E-state index in [0.29, 0.717) is 5.01 Å². The summed E-state index contributed by atoms with van der Waals surface area (Å²) < 4.78 is 0.830. The molecule has 0 amide bonds. The van der Waals surface area contributed by atoms with E-state index in [0.717, 1.165) is 21.3 Å². The second-order valence-corrected chi connectivity index (χ2v) is 8.48. The van der Waals surface area contributed by atoms with Crippen molar-refractivity contribution in [1.29, 1.82) is 5.26 Å². The van der Waals surface area contributed by atoms with Gasteiger partial charge in [-0.25, -0.2) is 9.97 Å². The van der Waals surface area contributed by atoms with Crippen LogP contribution in [0.25, 0.3) is 11.3 Å². The molecule has 3 rings (SSSR count). The molecule has 7 heteroatoms. The van der Waals surface area contributed by atoms with E-state index >= 15 is 0 Å². The molecule has 0 fully saturated rings. The summed E-state index contributed by atoms with van der Waals surface area (Å²) in [6.07, 6.45) is 0. The van der Waals surface area contributed by atoms with Gasteiger partial charge in [0.05, 0.1) is 17.5 Å². The Balaban J connectivity index is 1.64. The highest BCUT2D eigenvalue weighted by Gasteiger charge is 2.23. The maximum Gasteiger partial charge on any atom is 0.167 e. The van der Waals surface area contributed by atoms with Crippen molar-refractivity contribution in [3.8, 4) is 17.3 Å². The number of thioether (sulfide) groups is 1. The molecule has 126 valence electrons. The molecule has 3 aromatic rings. The largest absolute Gasteiger partial charge is 0.297 e. The van der Waals surface area contributed by atoms with Gasteiger partial charge in [0, 0.05) is 22.0 Å². The number of hydrogen-bond donors (Lipinski definition) is 0.